The van der Waals surface area contributed by atoms with Gasteiger partial charge in [-0.25, -0.2) is 0 Å². The first-order valence-electron chi connectivity index (χ1n) is 7.07. The van der Waals surface area contributed by atoms with Crippen LogP contribution in [0.5, 0.6) is 0 Å². The Labute approximate surface area is 118 Å². The fourth-order valence-corrected chi connectivity index (χ4v) is 2.61. The van der Waals surface area contributed by atoms with Crippen molar-refractivity contribution in [3.05, 3.63) is 24.0 Å². The van der Waals surface area contributed by atoms with Gasteiger partial charge in [0.1, 0.15) is 0 Å². The number of ether oxygens (including phenoxy) is 1. The highest BCUT2D eigenvalue weighted by atomic mass is 16.5. The number of hydrogen-bond acceptors (Lipinski definition) is 5. The van der Waals surface area contributed by atoms with E-state index in [0.29, 0.717) is 12.1 Å². The van der Waals surface area contributed by atoms with E-state index in [0.717, 1.165) is 31.4 Å². The minimum Gasteiger partial charge on any atom is -0.382 e. The summed E-state index contributed by atoms with van der Waals surface area (Å²) in [6, 6.07) is 2.53. The van der Waals surface area contributed by atoms with Crippen molar-refractivity contribution in [2.45, 2.75) is 25.0 Å². The first-order valence-corrected chi connectivity index (χ1v) is 7.07. The molecule has 0 aromatic carbocycles. The number of hydrogen-bond donors (Lipinski definition) is 2. The largest absolute Gasteiger partial charge is 0.382 e. The van der Waals surface area contributed by atoms with E-state index in [2.05, 4.69) is 15.2 Å². The minimum atomic E-state index is -0.468. The Balaban J connectivity index is 1.57. The lowest BCUT2D eigenvalue weighted by atomic mass is 10.2. The molecule has 6 heteroatoms. The molecule has 108 valence electrons. The smallest absolute Gasteiger partial charge is 0.252 e. The molecule has 3 N–H and O–H groups in total. The lowest BCUT2D eigenvalue weighted by Gasteiger charge is -2.33. The molecule has 6 nitrogen and oxygen atoms in total. The second kappa shape index (κ2) is 5.76. The van der Waals surface area contributed by atoms with Crippen molar-refractivity contribution in [1.29, 1.82) is 0 Å². The topological polar surface area (TPSA) is 80.5 Å². The molecule has 1 aromatic rings. The highest BCUT2D eigenvalue weighted by Gasteiger charge is 2.32. The Morgan fingerprint density at radius 3 is 3.15 bits per heavy atom. The molecular weight excluding hydrogens is 256 g/mol. The summed E-state index contributed by atoms with van der Waals surface area (Å²) >= 11 is 0. The number of carbonyl (C=O) groups is 1. The number of nitrogens with one attached hydrogen (secondary N) is 1. The number of amides is 1. The van der Waals surface area contributed by atoms with Crippen molar-refractivity contribution in [3.63, 3.8) is 0 Å². The SMILES string of the molecule is NC(=O)c1cnccc1NCC1CN(C2CC2)CCO1. The van der Waals surface area contributed by atoms with Crippen molar-refractivity contribution in [3.8, 4) is 0 Å². The van der Waals surface area contributed by atoms with E-state index in [-0.39, 0.29) is 6.10 Å². The first-order chi connectivity index (χ1) is 9.74. The van der Waals surface area contributed by atoms with Gasteiger partial charge in [0, 0.05) is 38.1 Å². The number of nitrogens with two attached hydrogens (primary N) is 1. The van der Waals surface area contributed by atoms with E-state index in [1.165, 1.54) is 19.0 Å². The average Bonchev–Trinajstić information content (AvgIpc) is 3.30. The van der Waals surface area contributed by atoms with Crippen LogP contribution in [-0.2, 0) is 4.74 Å². The molecule has 2 heterocycles. The highest BCUT2D eigenvalue weighted by Crippen LogP contribution is 2.28. The summed E-state index contributed by atoms with van der Waals surface area (Å²) in [6.07, 6.45) is 5.92. The van der Waals surface area contributed by atoms with Crippen LogP contribution in [0.1, 0.15) is 23.2 Å². The van der Waals surface area contributed by atoms with E-state index in [9.17, 15) is 4.79 Å². The molecule has 1 aliphatic carbocycles. The number of nitrogens with zero attached hydrogens (tertiary/aromatic N) is 2. The molecule has 1 saturated carbocycles. The molecule has 1 unspecified atom stereocenters. The van der Waals surface area contributed by atoms with Crippen molar-refractivity contribution in [2.24, 2.45) is 5.73 Å². The molecule has 1 amide bonds. The zero-order chi connectivity index (χ0) is 13.9. The van der Waals surface area contributed by atoms with Crippen LogP contribution >= 0.6 is 0 Å². The van der Waals surface area contributed by atoms with Gasteiger partial charge in [-0.3, -0.25) is 14.7 Å². The van der Waals surface area contributed by atoms with Crippen molar-refractivity contribution in [2.75, 3.05) is 31.6 Å². The van der Waals surface area contributed by atoms with Crippen molar-refractivity contribution >= 4 is 11.6 Å². The van der Waals surface area contributed by atoms with E-state index in [4.69, 9.17) is 10.5 Å². The molecule has 1 aromatic heterocycles. The quantitative estimate of drug-likeness (QED) is 0.816. The van der Waals surface area contributed by atoms with Crippen LogP contribution in [0.25, 0.3) is 0 Å². The zero-order valence-corrected chi connectivity index (χ0v) is 11.4. The maximum Gasteiger partial charge on any atom is 0.252 e. The number of morpholine rings is 1. The third-order valence-electron chi connectivity index (χ3n) is 3.84. The fourth-order valence-electron chi connectivity index (χ4n) is 2.61. The van der Waals surface area contributed by atoms with Gasteiger partial charge in [0.05, 0.1) is 24.0 Å². The molecule has 1 aliphatic heterocycles. The predicted octanol–water partition coefficient (Wildman–Crippen LogP) is 0.456. The summed E-state index contributed by atoms with van der Waals surface area (Å²) in [5, 5.41) is 3.25. The standard InChI is InChI=1S/C14H20N4O2/c15-14(19)12-8-16-4-3-13(12)17-7-11-9-18(5-6-20-11)10-1-2-10/h3-4,8,10-11H,1-2,5-7,9H2,(H2,15,19)(H,16,17). The molecule has 0 bridgehead atoms. The van der Waals surface area contributed by atoms with E-state index < -0.39 is 5.91 Å². The molecule has 3 rings (SSSR count). The maximum atomic E-state index is 11.3. The molecule has 20 heavy (non-hydrogen) atoms. The van der Waals surface area contributed by atoms with Crippen LogP contribution < -0.4 is 11.1 Å². The Bertz CT molecular complexity index is 490. The van der Waals surface area contributed by atoms with Crippen LogP contribution in [0, 0.1) is 0 Å². The summed E-state index contributed by atoms with van der Waals surface area (Å²) in [4.78, 5) is 17.7. The Kier molecular flexibility index (Phi) is 3.84. The van der Waals surface area contributed by atoms with Gasteiger partial charge in [0.15, 0.2) is 0 Å². The van der Waals surface area contributed by atoms with Gasteiger partial charge in [0.25, 0.3) is 5.91 Å². The van der Waals surface area contributed by atoms with E-state index >= 15 is 0 Å². The number of pyridine rings is 1. The normalized spacial score (nSPS) is 23.5. The second-order valence-corrected chi connectivity index (χ2v) is 5.39. The number of primary amides is 1. The predicted molar refractivity (Wildman–Crippen MR) is 75.6 cm³/mol. The van der Waals surface area contributed by atoms with Gasteiger partial charge in [0.2, 0.25) is 0 Å². The Morgan fingerprint density at radius 1 is 1.55 bits per heavy atom. The van der Waals surface area contributed by atoms with E-state index in [1.54, 1.807) is 12.3 Å². The summed E-state index contributed by atoms with van der Waals surface area (Å²) < 4.78 is 5.77. The molecular formula is C14H20N4O2. The lowest BCUT2D eigenvalue weighted by molar-refractivity contribution is -0.0241. The van der Waals surface area contributed by atoms with Gasteiger partial charge in [-0.05, 0) is 18.9 Å². The van der Waals surface area contributed by atoms with Crippen molar-refractivity contribution in [1.82, 2.24) is 9.88 Å². The summed E-state index contributed by atoms with van der Waals surface area (Å²) in [6.45, 7) is 3.44. The van der Waals surface area contributed by atoms with Gasteiger partial charge in [-0.15, -0.1) is 0 Å². The number of aromatic nitrogens is 1. The second-order valence-electron chi connectivity index (χ2n) is 5.39. The first kappa shape index (κ1) is 13.3. The molecule has 1 saturated heterocycles. The molecule has 1 atom stereocenters. The highest BCUT2D eigenvalue weighted by molar-refractivity contribution is 5.98. The van der Waals surface area contributed by atoms with Gasteiger partial charge in [-0.1, -0.05) is 0 Å². The van der Waals surface area contributed by atoms with Crippen LogP contribution in [0.15, 0.2) is 18.5 Å². The van der Waals surface area contributed by atoms with Crippen LogP contribution in [-0.4, -0.2) is 54.2 Å². The molecule has 0 spiro atoms. The lowest BCUT2D eigenvalue weighted by Crippen LogP contribution is -2.46. The summed E-state index contributed by atoms with van der Waals surface area (Å²) in [5.41, 5.74) is 6.48. The average molecular weight is 276 g/mol. The number of anilines is 1. The maximum absolute atomic E-state index is 11.3. The molecule has 0 radical (unpaired) electrons. The van der Waals surface area contributed by atoms with Gasteiger partial charge >= 0.3 is 0 Å². The number of carbonyl (C=O) groups excluding carboxylic acids is 1. The third-order valence-corrected chi connectivity index (χ3v) is 3.84. The van der Waals surface area contributed by atoms with Crippen LogP contribution in [0.3, 0.4) is 0 Å². The summed E-state index contributed by atoms with van der Waals surface area (Å²) in [7, 11) is 0. The summed E-state index contributed by atoms with van der Waals surface area (Å²) in [5.74, 6) is -0.468. The number of rotatable bonds is 5. The monoisotopic (exact) mass is 276 g/mol. The Morgan fingerprint density at radius 2 is 2.40 bits per heavy atom. The van der Waals surface area contributed by atoms with Crippen molar-refractivity contribution < 1.29 is 9.53 Å². The van der Waals surface area contributed by atoms with E-state index in [1.807, 2.05) is 0 Å². The van der Waals surface area contributed by atoms with Gasteiger partial charge < -0.3 is 15.8 Å². The van der Waals surface area contributed by atoms with Crippen LogP contribution in [0.2, 0.25) is 0 Å². The molecule has 2 aliphatic rings. The fraction of sp³-hybridized carbons (Fsp3) is 0.571. The van der Waals surface area contributed by atoms with Gasteiger partial charge in [-0.2, -0.15) is 0 Å². The molecule has 2 fully saturated rings. The third kappa shape index (κ3) is 3.08. The minimum absolute atomic E-state index is 0.151. The zero-order valence-electron chi connectivity index (χ0n) is 11.4. The van der Waals surface area contributed by atoms with Crippen LogP contribution in [0.4, 0.5) is 5.69 Å². The Hall–Kier alpha value is -1.66.